The van der Waals surface area contributed by atoms with Crippen molar-refractivity contribution in [1.29, 1.82) is 0 Å². The van der Waals surface area contributed by atoms with E-state index >= 15 is 0 Å². The van der Waals surface area contributed by atoms with Gasteiger partial charge in [0, 0.05) is 17.9 Å². The molecule has 3 heteroatoms. The molecule has 0 heterocycles. The minimum atomic E-state index is -0.0682. The molecule has 3 nitrogen and oxygen atoms in total. The van der Waals surface area contributed by atoms with Gasteiger partial charge in [-0.25, -0.2) is 0 Å². The number of ether oxygens (including phenoxy) is 1. The van der Waals surface area contributed by atoms with E-state index in [0.717, 1.165) is 19.4 Å². The van der Waals surface area contributed by atoms with Gasteiger partial charge < -0.3 is 10.1 Å². The maximum absolute atomic E-state index is 11.5. The summed E-state index contributed by atoms with van der Waals surface area (Å²) in [6, 6.07) is 9.69. The van der Waals surface area contributed by atoms with E-state index in [-0.39, 0.29) is 5.97 Å². The average Bonchev–Trinajstić information content (AvgIpc) is 2.54. The smallest absolute Gasteiger partial charge is 0.305 e. The molecule has 1 atom stereocenters. The first-order valence-electron chi connectivity index (χ1n) is 10.4. The van der Waals surface area contributed by atoms with Crippen LogP contribution in [0.25, 0.3) is 0 Å². The van der Waals surface area contributed by atoms with Crippen LogP contribution < -0.4 is 5.32 Å². The van der Waals surface area contributed by atoms with Crippen LogP contribution in [0.4, 0.5) is 0 Å². The van der Waals surface area contributed by atoms with Gasteiger partial charge in [-0.2, -0.15) is 0 Å². The second kappa shape index (κ2) is 10.1. The molecule has 1 aromatic carbocycles. The average molecular weight is 360 g/mol. The Labute approximate surface area is 159 Å². The van der Waals surface area contributed by atoms with Crippen LogP contribution in [-0.4, -0.2) is 25.2 Å². The fourth-order valence-electron chi connectivity index (χ4n) is 4.16. The van der Waals surface area contributed by atoms with Crippen LogP contribution in [0.15, 0.2) is 24.3 Å². The zero-order chi connectivity index (χ0) is 19.0. The van der Waals surface area contributed by atoms with Crippen molar-refractivity contribution in [3.63, 3.8) is 0 Å². The lowest BCUT2D eigenvalue weighted by molar-refractivity contribution is -0.143. The summed E-state index contributed by atoms with van der Waals surface area (Å²) in [4.78, 5) is 11.5. The Hall–Kier alpha value is -1.35. The lowest BCUT2D eigenvalue weighted by Gasteiger charge is -2.49. The summed E-state index contributed by atoms with van der Waals surface area (Å²) in [6.07, 6.45) is 7.55. The molecule has 1 aromatic rings. The van der Waals surface area contributed by atoms with Crippen LogP contribution in [0, 0.1) is 12.8 Å². The molecule has 1 aliphatic rings. The summed E-state index contributed by atoms with van der Waals surface area (Å²) in [5.74, 6) is 0.608. The highest BCUT2D eigenvalue weighted by atomic mass is 16.5. The Morgan fingerprint density at radius 3 is 2.42 bits per heavy atom. The highest BCUT2D eigenvalue weighted by Crippen LogP contribution is 2.48. The van der Waals surface area contributed by atoms with E-state index < -0.39 is 0 Å². The van der Waals surface area contributed by atoms with Crippen LogP contribution >= 0.6 is 0 Å². The highest BCUT2D eigenvalue weighted by molar-refractivity contribution is 5.69. The largest absolute Gasteiger partial charge is 0.466 e. The van der Waals surface area contributed by atoms with Crippen LogP contribution in [0.2, 0.25) is 0 Å². The van der Waals surface area contributed by atoms with Gasteiger partial charge in [0.25, 0.3) is 0 Å². The predicted molar refractivity (Wildman–Crippen MR) is 108 cm³/mol. The molecule has 0 radical (unpaired) electrons. The minimum absolute atomic E-state index is 0.0682. The zero-order valence-corrected chi connectivity index (χ0v) is 17.1. The van der Waals surface area contributed by atoms with Crippen molar-refractivity contribution in [3.05, 3.63) is 35.4 Å². The van der Waals surface area contributed by atoms with Gasteiger partial charge in [0.15, 0.2) is 0 Å². The van der Waals surface area contributed by atoms with Crippen LogP contribution in [0.3, 0.4) is 0 Å². The van der Waals surface area contributed by atoms with Gasteiger partial charge in [0.1, 0.15) is 0 Å². The number of hydrogen-bond acceptors (Lipinski definition) is 3. The van der Waals surface area contributed by atoms with Gasteiger partial charge in [-0.3, -0.25) is 4.79 Å². The van der Waals surface area contributed by atoms with Crippen molar-refractivity contribution in [2.45, 2.75) is 84.1 Å². The first-order valence-corrected chi connectivity index (χ1v) is 10.4. The van der Waals surface area contributed by atoms with Gasteiger partial charge in [0.05, 0.1) is 6.61 Å². The molecule has 0 spiro atoms. The minimum Gasteiger partial charge on any atom is -0.466 e. The maximum Gasteiger partial charge on any atom is 0.305 e. The van der Waals surface area contributed by atoms with E-state index in [1.807, 2.05) is 6.92 Å². The third-order valence-electron chi connectivity index (χ3n) is 5.75. The Kier molecular flexibility index (Phi) is 8.15. The second-order valence-corrected chi connectivity index (χ2v) is 8.27. The van der Waals surface area contributed by atoms with Crippen molar-refractivity contribution in [2.75, 3.05) is 13.2 Å². The van der Waals surface area contributed by atoms with Crippen molar-refractivity contribution in [3.8, 4) is 0 Å². The Bertz CT molecular complexity index is 546. The molecule has 0 aromatic heterocycles. The molecule has 0 bridgehead atoms. The molecule has 146 valence electrons. The van der Waals surface area contributed by atoms with Crippen molar-refractivity contribution >= 4 is 5.97 Å². The second-order valence-electron chi connectivity index (χ2n) is 8.27. The molecule has 1 aliphatic carbocycles. The third-order valence-corrected chi connectivity index (χ3v) is 5.75. The van der Waals surface area contributed by atoms with Gasteiger partial charge >= 0.3 is 5.97 Å². The quantitative estimate of drug-likeness (QED) is 0.438. The number of carbonyl (C=O) groups excluding carboxylic acids is 1. The molecule has 1 unspecified atom stereocenters. The molecule has 1 saturated carbocycles. The molecular formula is C23H37NO2. The normalized spacial score (nSPS) is 17.0. The number of benzene rings is 1. The molecular weight excluding hydrogens is 322 g/mol. The van der Waals surface area contributed by atoms with E-state index in [9.17, 15) is 4.79 Å². The SMILES string of the molecule is CCOC(=O)CCCCNC(CC(C)C)C1(c2ccc(C)cc2)CCC1. The van der Waals surface area contributed by atoms with Gasteiger partial charge in [-0.1, -0.05) is 50.1 Å². The summed E-state index contributed by atoms with van der Waals surface area (Å²) >= 11 is 0. The van der Waals surface area contributed by atoms with Crippen molar-refractivity contribution in [2.24, 2.45) is 5.92 Å². The molecule has 1 N–H and O–H groups in total. The Balaban J connectivity index is 1.95. The van der Waals surface area contributed by atoms with Gasteiger partial charge in [-0.05, 0) is 64.0 Å². The predicted octanol–water partition coefficient (Wildman–Crippen LogP) is 5.15. The first-order chi connectivity index (χ1) is 12.5. The summed E-state index contributed by atoms with van der Waals surface area (Å²) < 4.78 is 5.01. The molecule has 0 saturated heterocycles. The highest BCUT2D eigenvalue weighted by Gasteiger charge is 2.45. The topological polar surface area (TPSA) is 38.3 Å². The summed E-state index contributed by atoms with van der Waals surface area (Å²) in [5, 5.41) is 3.86. The van der Waals surface area contributed by atoms with Crippen molar-refractivity contribution in [1.82, 2.24) is 5.32 Å². The molecule has 0 aliphatic heterocycles. The molecule has 26 heavy (non-hydrogen) atoms. The van der Waals surface area contributed by atoms with Crippen LogP contribution in [-0.2, 0) is 14.9 Å². The number of unbranched alkanes of at least 4 members (excludes halogenated alkanes) is 1. The van der Waals surface area contributed by atoms with E-state index in [1.54, 1.807) is 0 Å². The third kappa shape index (κ3) is 5.57. The standard InChI is InChI=1S/C23H37NO2/c1-5-26-22(25)9-6-7-16-24-21(17-18(2)3)23(14-8-15-23)20-12-10-19(4)11-13-20/h10-13,18,21,24H,5-9,14-17H2,1-4H3. The number of aryl methyl sites for hydroxylation is 1. The fourth-order valence-corrected chi connectivity index (χ4v) is 4.16. The monoisotopic (exact) mass is 359 g/mol. The Morgan fingerprint density at radius 2 is 1.88 bits per heavy atom. The Morgan fingerprint density at radius 1 is 1.19 bits per heavy atom. The van der Waals surface area contributed by atoms with Gasteiger partial charge in [-0.15, -0.1) is 0 Å². The van der Waals surface area contributed by atoms with E-state index in [1.165, 1.54) is 36.8 Å². The summed E-state index contributed by atoms with van der Waals surface area (Å²) in [7, 11) is 0. The first kappa shape index (κ1) is 21.0. The van der Waals surface area contributed by atoms with Crippen molar-refractivity contribution < 1.29 is 9.53 Å². The number of rotatable bonds is 11. The van der Waals surface area contributed by atoms with Gasteiger partial charge in [0.2, 0.25) is 0 Å². The van der Waals surface area contributed by atoms with Crippen LogP contribution in [0.5, 0.6) is 0 Å². The lowest BCUT2D eigenvalue weighted by atomic mass is 9.58. The van der Waals surface area contributed by atoms with E-state index in [0.29, 0.717) is 30.4 Å². The molecule has 1 fully saturated rings. The maximum atomic E-state index is 11.5. The van der Waals surface area contributed by atoms with E-state index in [4.69, 9.17) is 4.74 Å². The number of hydrogen-bond donors (Lipinski definition) is 1. The summed E-state index contributed by atoms with van der Waals surface area (Å²) in [5.41, 5.74) is 3.12. The van der Waals surface area contributed by atoms with E-state index in [2.05, 4.69) is 50.4 Å². The number of esters is 1. The summed E-state index contributed by atoms with van der Waals surface area (Å²) in [6.45, 7) is 10.1. The number of carbonyl (C=O) groups is 1. The molecule has 0 amide bonds. The van der Waals surface area contributed by atoms with Crippen LogP contribution in [0.1, 0.15) is 76.8 Å². The number of nitrogens with one attached hydrogen (secondary N) is 1. The lowest BCUT2D eigenvalue weighted by Crippen LogP contribution is -2.53. The fraction of sp³-hybridized carbons (Fsp3) is 0.696. The zero-order valence-electron chi connectivity index (χ0n) is 17.1. The molecule has 2 rings (SSSR count).